The summed E-state index contributed by atoms with van der Waals surface area (Å²) >= 11 is 0. The molecular formula is C16H25N3O2. The lowest BCUT2D eigenvalue weighted by atomic mass is 10.1. The fourth-order valence-electron chi connectivity index (χ4n) is 3.16. The highest BCUT2D eigenvalue weighted by Gasteiger charge is 2.34. The van der Waals surface area contributed by atoms with E-state index < -0.39 is 6.10 Å². The van der Waals surface area contributed by atoms with Crippen molar-refractivity contribution in [2.75, 3.05) is 6.54 Å². The predicted octanol–water partition coefficient (Wildman–Crippen LogP) is 1.49. The Morgan fingerprint density at radius 3 is 2.52 bits per heavy atom. The fraction of sp³-hybridized carbons (Fsp3) is 0.625. The summed E-state index contributed by atoms with van der Waals surface area (Å²) in [7, 11) is 0. The molecule has 0 saturated carbocycles. The number of likely N-dealkylation sites (tertiary alicyclic amines) is 1. The number of hydrogen-bond acceptors (Lipinski definition) is 4. The maximum atomic E-state index is 12.3. The van der Waals surface area contributed by atoms with Crippen molar-refractivity contribution in [1.82, 2.24) is 15.2 Å². The molecule has 0 radical (unpaired) electrons. The molecule has 1 aromatic rings. The molecule has 21 heavy (non-hydrogen) atoms. The van der Waals surface area contributed by atoms with Crippen LogP contribution in [-0.2, 0) is 4.79 Å². The van der Waals surface area contributed by atoms with Crippen molar-refractivity contribution in [2.45, 2.75) is 57.8 Å². The maximum absolute atomic E-state index is 12.3. The minimum absolute atomic E-state index is 0.0243. The molecule has 2 N–H and O–H groups in total. The van der Waals surface area contributed by atoms with Gasteiger partial charge in [-0.15, -0.1) is 0 Å². The molecular weight excluding hydrogens is 266 g/mol. The highest BCUT2D eigenvalue weighted by molar-refractivity contribution is 5.81. The van der Waals surface area contributed by atoms with Gasteiger partial charge in [-0.05, 0) is 51.3 Å². The van der Waals surface area contributed by atoms with E-state index in [9.17, 15) is 9.90 Å². The molecule has 0 spiro atoms. The highest BCUT2D eigenvalue weighted by atomic mass is 16.3. The molecule has 2 heterocycles. The summed E-state index contributed by atoms with van der Waals surface area (Å²) in [6, 6.07) is 4.22. The molecule has 1 aliphatic rings. The number of pyridine rings is 1. The van der Waals surface area contributed by atoms with E-state index in [0.717, 1.165) is 18.4 Å². The quantitative estimate of drug-likeness (QED) is 0.862. The van der Waals surface area contributed by atoms with Crippen molar-refractivity contribution in [2.24, 2.45) is 0 Å². The van der Waals surface area contributed by atoms with Gasteiger partial charge in [0.2, 0.25) is 5.91 Å². The average molecular weight is 291 g/mol. The molecule has 1 amide bonds. The SMILES string of the molecule is C[C@@H]1CC[C@H](C)N1[C@@H](C)C(=O)NC[C@H](O)c1ccncc1. The van der Waals surface area contributed by atoms with Crippen molar-refractivity contribution in [1.29, 1.82) is 0 Å². The first kappa shape index (κ1) is 15.9. The number of aromatic nitrogens is 1. The van der Waals surface area contributed by atoms with Crippen molar-refractivity contribution < 1.29 is 9.90 Å². The van der Waals surface area contributed by atoms with Gasteiger partial charge in [0.15, 0.2) is 0 Å². The number of nitrogens with one attached hydrogen (secondary N) is 1. The molecule has 1 saturated heterocycles. The number of aliphatic hydroxyl groups excluding tert-OH is 1. The van der Waals surface area contributed by atoms with Crippen LogP contribution in [0.3, 0.4) is 0 Å². The summed E-state index contributed by atoms with van der Waals surface area (Å²) in [4.78, 5) is 18.5. The third-order valence-corrected chi connectivity index (χ3v) is 4.41. The van der Waals surface area contributed by atoms with Crippen LogP contribution in [0.5, 0.6) is 0 Å². The third kappa shape index (κ3) is 3.80. The van der Waals surface area contributed by atoms with Crippen LogP contribution >= 0.6 is 0 Å². The monoisotopic (exact) mass is 291 g/mol. The third-order valence-electron chi connectivity index (χ3n) is 4.41. The lowest BCUT2D eigenvalue weighted by molar-refractivity contribution is -0.127. The van der Waals surface area contributed by atoms with Crippen LogP contribution in [0.1, 0.15) is 45.3 Å². The predicted molar refractivity (Wildman–Crippen MR) is 81.7 cm³/mol. The Kier molecular flexibility index (Phi) is 5.31. The van der Waals surface area contributed by atoms with Gasteiger partial charge >= 0.3 is 0 Å². The summed E-state index contributed by atoms with van der Waals surface area (Å²) in [5, 5.41) is 12.9. The van der Waals surface area contributed by atoms with E-state index in [-0.39, 0.29) is 18.5 Å². The normalized spacial score (nSPS) is 25.5. The van der Waals surface area contributed by atoms with E-state index in [4.69, 9.17) is 0 Å². The van der Waals surface area contributed by atoms with Crippen molar-refractivity contribution >= 4 is 5.91 Å². The van der Waals surface area contributed by atoms with Gasteiger partial charge in [0.05, 0.1) is 12.1 Å². The van der Waals surface area contributed by atoms with Crippen molar-refractivity contribution in [3.05, 3.63) is 30.1 Å². The van der Waals surface area contributed by atoms with Crippen molar-refractivity contribution in [3.8, 4) is 0 Å². The molecule has 0 aromatic carbocycles. The van der Waals surface area contributed by atoms with Gasteiger partial charge in [-0.2, -0.15) is 0 Å². The highest BCUT2D eigenvalue weighted by Crippen LogP contribution is 2.25. The standard InChI is InChI=1S/C16H25N3O2/c1-11-4-5-12(2)19(11)13(3)16(21)18-10-15(20)14-6-8-17-9-7-14/h6-9,11-13,15,20H,4-5,10H2,1-3H3,(H,18,21)/t11-,12+,13-,15-/m0/s1. The maximum Gasteiger partial charge on any atom is 0.237 e. The molecule has 4 atom stereocenters. The fourth-order valence-corrected chi connectivity index (χ4v) is 3.16. The number of hydrogen-bond donors (Lipinski definition) is 2. The molecule has 116 valence electrons. The molecule has 5 heteroatoms. The second-order valence-corrected chi connectivity index (χ2v) is 5.94. The number of rotatable bonds is 5. The number of aliphatic hydroxyl groups is 1. The summed E-state index contributed by atoms with van der Waals surface area (Å²) in [5.74, 6) is -0.0243. The number of carbonyl (C=O) groups is 1. The zero-order valence-corrected chi connectivity index (χ0v) is 13.0. The van der Waals surface area contributed by atoms with Crippen LogP contribution in [-0.4, -0.2) is 45.6 Å². The van der Waals surface area contributed by atoms with E-state index in [2.05, 4.69) is 29.0 Å². The lowest BCUT2D eigenvalue weighted by Gasteiger charge is -2.31. The number of nitrogens with zero attached hydrogens (tertiary/aromatic N) is 2. The van der Waals surface area contributed by atoms with Crippen LogP contribution < -0.4 is 5.32 Å². The van der Waals surface area contributed by atoms with E-state index >= 15 is 0 Å². The van der Waals surface area contributed by atoms with Gasteiger partial charge in [-0.25, -0.2) is 0 Å². The first-order valence-corrected chi connectivity index (χ1v) is 7.64. The Morgan fingerprint density at radius 1 is 1.38 bits per heavy atom. The largest absolute Gasteiger partial charge is 0.387 e. The van der Waals surface area contributed by atoms with Gasteiger partial charge in [-0.3, -0.25) is 14.7 Å². The number of amides is 1. The summed E-state index contributed by atoms with van der Waals surface area (Å²) in [5.41, 5.74) is 0.765. The lowest BCUT2D eigenvalue weighted by Crippen LogP contribution is -2.49. The summed E-state index contributed by atoms with van der Waals surface area (Å²) in [6.07, 6.45) is 4.85. The zero-order valence-electron chi connectivity index (χ0n) is 13.0. The Hall–Kier alpha value is -1.46. The first-order chi connectivity index (χ1) is 10.0. The van der Waals surface area contributed by atoms with Crippen LogP contribution in [0.4, 0.5) is 0 Å². The van der Waals surface area contributed by atoms with E-state index in [1.807, 2.05) is 6.92 Å². The van der Waals surface area contributed by atoms with Crippen LogP contribution in [0, 0.1) is 0 Å². The Bertz CT molecular complexity index is 456. The van der Waals surface area contributed by atoms with Gasteiger partial charge in [0, 0.05) is 31.0 Å². The topological polar surface area (TPSA) is 65.5 Å². The van der Waals surface area contributed by atoms with E-state index in [1.165, 1.54) is 0 Å². The summed E-state index contributed by atoms with van der Waals surface area (Å²) in [6.45, 7) is 6.49. The second-order valence-electron chi connectivity index (χ2n) is 5.94. The van der Waals surface area contributed by atoms with Crippen molar-refractivity contribution in [3.63, 3.8) is 0 Å². The van der Waals surface area contributed by atoms with Crippen LogP contribution in [0.2, 0.25) is 0 Å². The van der Waals surface area contributed by atoms with Gasteiger partial charge < -0.3 is 10.4 Å². The first-order valence-electron chi connectivity index (χ1n) is 7.64. The molecule has 1 aliphatic heterocycles. The minimum atomic E-state index is -0.697. The molecule has 1 fully saturated rings. The molecule has 0 bridgehead atoms. The van der Waals surface area contributed by atoms with Crippen LogP contribution in [0.25, 0.3) is 0 Å². The average Bonchev–Trinajstić information content (AvgIpc) is 2.83. The zero-order chi connectivity index (χ0) is 15.4. The molecule has 0 unspecified atom stereocenters. The smallest absolute Gasteiger partial charge is 0.237 e. The Morgan fingerprint density at radius 2 is 1.95 bits per heavy atom. The van der Waals surface area contributed by atoms with Gasteiger partial charge in [0.25, 0.3) is 0 Å². The second kappa shape index (κ2) is 7.00. The molecule has 5 nitrogen and oxygen atoms in total. The summed E-state index contributed by atoms with van der Waals surface area (Å²) < 4.78 is 0. The van der Waals surface area contributed by atoms with Crippen LogP contribution in [0.15, 0.2) is 24.5 Å². The van der Waals surface area contributed by atoms with Gasteiger partial charge in [-0.1, -0.05) is 0 Å². The number of carbonyl (C=O) groups excluding carboxylic acids is 1. The molecule has 2 rings (SSSR count). The van der Waals surface area contributed by atoms with E-state index in [1.54, 1.807) is 24.5 Å². The Balaban J connectivity index is 1.87. The molecule has 0 aliphatic carbocycles. The Labute approximate surface area is 126 Å². The minimum Gasteiger partial charge on any atom is -0.387 e. The molecule has 1 aromatic heterocycles. The van der Waals surface area contributed by atoms with Gasteiger partial charge in [0.1, 0.15) is 0 Å². The van der Waals surface area contributed by atoms with E-state index in [0.29, 0.717) is 12.1 Å².